The minimum absolute atomic E-state index is 0.0713. The van der Waals surface area contributed by atoms with Crippen LogP contribution in [0.1, 0.15) is 15.9 Å². The van der Waals surface area contributed by atoms with Gasteiger partial charge in [-0.2, -0.15) is 0 Å². The zero-order chi connectivity index (χ0) is 21.1. The van der Waals surface area contributed by atoms with Gasteiger partial charge in [0.05, 0.1) is 20.1 Å². The highest BCUT2D eigenvalue weighted by Crippen LogP contribution is 2.29. The maximum absolute atomic E-state index is 13.0. The van der Waals surface area contributed by atoms with E-state index in [9.17, 15) is 9.59 Å². The molecule has 0 bridgehead atoms. The topological polar surface area (TPSA) is 68.3 Å². The second-order valence-corrected chi connectivity index (χ2v) is 7.51. The van der Waals surface area contributed by atoms with Crippen molar-refractivity contribution in [3.05, 3.63) is 53.6 Å². The van der Waals surface area contributed by atoms with Crippen molar-refractivity contribution in [1.29, 1.82) is 0 Å². The molecule has 0 N–H and O–H groups in total. The molecule has 1 saturated heterocycles. The zero-order valence-electron chi connectivity index (χ0n) is 17.3. The lowest BCUT2D eigenvalue weighted by atomic mass is 9.95. The average molecular weight is 410 g/mol. The number of amides is 2. The van der Waals surface area contributed by atoms with Gasteiger partial charge in [-0.3, -0.25) is 9.59 Å². The van der Waals surface area contributed by atoms with E-state index in [1.165, 1.54) is 0 Å². The Morgan fingerprint density at radius 2 is 1.63 bits per heavy atom. The van der Waals surface area contributed by atoms with Gasteiger partial charge in [-0.25, -0.2) is 0 Å². The SMILES string of the molecule is COc1ccc(C(=O)N2CCN(C(=O)C3COc4ccccc4C3)CC2)cc1OC. The van der Waals surface area contributed by atoms with Crippen molar-refractivity contribution < 1.29 is 23.8 Å². The number of methoxy groups -OCH3 is 2. The molecule has 30 heavy (non-hydrogen) atoms. The highest BCUT2D eigenvalue weighted by molar-refractivity contribution is 5.95. The number of piperazine rings is 1. The lowest BCUT2D eigenvalue weighted by Crippen LogP contribution is -2.53. The number of nitrogens with zero attached hydrogens (tertiary/aromatic N) is 2. The minimum atomic E-state index is -0.173. The number of hydrogen-bond donors (Lipinski definition) is 0. The minimum Gasteiger partial charge on any atom is -0.493 e. The fraction of sp³-hybridized carbons (Fsp3) is 0.391. The maximum Gasteiger partial charge on any atom is 0.254 e. The molecule has 0 aliphatic carbocycles. The van der Waals surface area contributed by atoms with Crippen molar-refractivity contribution >= 4 is 11.8 Å². The van der Waals surface area contributed by atoms with Crippen LogP contribution in [0.15, 0.2) is 42.5 Å². The van der Waals surface area contributed by atoms with Crippen LogP contribution in [0, 0.1) is 5.92 Å². The second-order valence-electron chi connectivity index (χ2n) is 7.51. The molecule has 158 valence electrons. The van der Waals surface area contributed by atoms with Crippen LogP contribution >= 0.6 is 0 Å². The van der Waals surface area contributed by atoms with E-state index in [2.05, 4.69) is 0 Å². The number of carbonyl (C=O) groups excluding carboxylic acids is 2. The van der Waals surface area contributed by atoms with Crippen LogP contribution in [0.5, 0.6) is 17.2 Å². The first-order valence-electron chi connectivity index (χ1n) is 10.1. The summed E-state index contributed by atoms with van der Waals surface area (Å²) in [4.78, 5) is 29.5. The van der Waals surface area contributed by atoms with Crippen LogP contribution in [-0.2, 0) is 11.2 Å². The number of benzene rings is 2. The van der Waals surface area contributed by atoms with Gasteiger partial charge in [0, 0.05) is 31.7 Å². The van der Waals surface area contributed by atoms with E-state index in [1.807, 2.05) is 29.2 Å². The molecule has 2 aromatic rings. The van der Waals surface area contributed by atoms with Crippen molar-refractivity contribution in [2.75, 3.05) is 47.0 Å². The summed E-state index contributed by atoms with van der Waals surface area (Å²) >= 11 is 0. The molecule has 2 amide bonds. The fourth-order valence-corrected chi connectivity index (χ4v) is 4.03. The second kappa shape index (κ2) is 8.65. The van der Waals surface area contributed by atoms with Crippen molar-refractivity contribution in [3.63, 3.8) is 0 Å². The summed E-state index contributed by atoms with van der Waals surface area (Å²) in [5.74, 6) is 1.83. The van der Waals surface area contributed by atoms with Crippen LogP contribution in [0.25, 0.3) is 0 Å². The molecule has 2 aliphatic rings. The summed E-state index contributed by atoms with van der Waals surface area (Å²) in [6.45, 7) is 2.46. The Morgan fingerprint density at radius 3 is 2.37 bits per heavy atom. The van der Waals surface area contributed by atoms with Crippen LogP contribution in [0.2, 0.25) is 0 Å². The summed E-state index contributed by atoms with van der Waals surface area (Å²) in [6.07, 6.45) is 0.694. The van der Waals surface area contributed by atoms with Gasteiger partial charge in [0.25, 0.3) is 5.91 Å². The Labute approximate surface area is 176 Å². The molecular weight excluding hydrogens is 384 g/mol. The van der Waals surface area contributed by atoms with E-state index in [0.717, 1.165) is 11.3 Å². The first-order valence-corrected chi connectivity index (χ1v) is 10.1. The van der Waals surface area contributed by atoms with Gasteiger partial charge >= 0.3 is 0 Å². The smallest absolute Gasteiger partial charge is 0.254 e. The molecule has 1 atom stereocenters. The lowest BCUT2D eigenvalue weighted by Gasteiger charge is -2.37. The highest BCUT2D eigenvalue weighted by Gasteiger charge is 2.32. The van der Waals surface area contributed by atoms with Crippen LogP contribution in [-0.4, -0.2) is 68.6 Å². The molecule has 0 spiro atoms. The molecule has 4 rings (SSSR count). The van der Waals surface area contributed by atoms with E-state index in [-0.39, 0.29) is 17.7 Å². The van der Waals surface area contributed by atoms with E-state index in [1.54, 1.807) is 37.3 Å². The van der Waals surface area contributed by atoms with E-state index < -0.39 is 0 Å². The molecule has 7 nitrogen and oxygen atoms in total. The van der Waals surface area contributed by atoms with Crippen LogP contribution < -0.4 is 14.2 Å². The average Bonchev–Trinajstić information content (AvgIpc) is 2.82. The van der Waals surface area contributed by atoms with Crippen molar-refractivity contribution in [3.8, 4) is 17.2 Å². The van der Waals surface area contributed by atoms with Crippen molar-refractivity contribution in [2.24, 2.45) is 5.92 Å². The number of para-hydroxylation sites is 1. The number of ether oxygens (including phenoxy) is 3. The molecule has 2 aromatic carbocycles. The summed E-state index contributed by atoms with van der Waals surface area (Å²) in [5.41, 5.74) is 1.62. The lowest BCUT2D eigenvalue weighted by molar-refractivity contribution is -0.138. The summed E-state index contributed by atoms with van der Waals surface area (Å²) in [7, 11) is 3.11. The molecule has 7 heteroatoms. The van der Waals surface area contributed by atoms with Gasteiger partial charge in [-0.1, -0.05) is 18.2 Å². The third-order valence-corrected chi connectivity index (χ3v) is 5.74. The fourth-order valence-electron chi connectivity index (χ4n) is 4.03. The zero-order valence-corrected chi connectivity index (χ0v) is 17.3. The molecule has 0 saturated carbocycles. The predicted octanol–water partition coefficient (Wildman–Crippen LogP) is 2.24. The van der Waals surface area contributed by atoms with E-state index in [0.29, 0.717) is 56.3 Å². The normalized spacial score (nSPS) is 18.3. The third-order valence-electron chi connectivity index (χ3n) is 5.74. The van der Waals surface area contributed by atoms with E-state index >= 15 is 0 Å². The van der Waals surface area contributed by atoms with Crippen molar-refractivity contribution in [2.45, 2.75) is 6.42 Å². The molecule has 2 aliphatic heterocycles. The number of rotatable bonds is 4. The molecule has 1 fully saturated rings. The quantitative estimate of drug-likeness (QED) is 0.773. The number of carbonyl (C=O) groups is 2. The maximum atomic E-state index is 13.0. The van der Waals surface area contributed by atoms with E-state index in [4.69, 9.17) is 14.2 Å². The Hall–Kier alpha value is -3.22. The molecule has 0 aromatic heterocycles. The van der Waals surface area contributed by atoms with Gasteiger partial charge in [-0.15, -0.1) is 0 Å². The number of fused-ring (bicyclic) bond motifs is 1. The summed E-state index contributed by atoms with van der Waals surface area (Å²) < 4.78 is 16.3. The highest BCUT2D eigenvalue weighted by atomic mass is 16.5. The number of hydrogen-bond acceptors (Lipinski definition) is 5. The standard InChI is InChI=1S/C23H26N2O5/c1-28-20-8-7-17(14-21(20)29-2)22(26)24-9-11-25(12-10-24)23(27)18-13-16-5-3-4-6-19(16)30-15-18/h3-8,14,18H,9-13,15H2,1-2H3. The largest absolute Gasteiger partial charge is 0.493 e. The van der Waals surface area contributed by atoms with Crippen molar-refractivity contribution in [1.82, 2.24) is 9.80 Å². The predicted molar refractivity (Wildman–Crippen MR) is 111 cm³/mol. The Bertz CT molecular complexity index is 937. The first kappa shape index (κ1) is 20.1. The van der Waals surface area contributed by atoms with Crippen LogP contribution in [0.4, 0.5) is 0 Å². The van der Waals surface area contributed by atoms with Crippen LogP contribution in [0.3, 0.4) is 0 Å². The first-order chi connectivity index (χ1) is 14.6. The van der Waals surface area contributed by atoms with Gasteiger partial charge in [0.2, 0.25) is 5.91 Å². The van der Waals surface area contributed by atoms with Gasteiger partial charge in [-0.05, 0) is 36.2 Å². The van der Waals surface area contributed by atoms with Gasteiger partial charge in [0.1, 0.15) is 12.4 Å². The third kappa shape index (κ3) is 3.92. The Balaban J connectivity index is 1.36. The monoisotopic (exact) mass is 410 g/mol. The molecule has 0 radical (unpaired) electrons. The molecule has 1 unspecified atom stereocenters. The van der Waals surface area contributed by atoms with Gasteiger partial charge in [0.15, 0.2) is 11.5 Å². The Morgan fingerprint density at radius 1 is 0.933 bits per heavy atom. The summed E-state index contributed by atoms with van der Waals surface area (Å²) in [6, 6.07) is 13.0. The molecular formula is C23H26N2O5. The summed E-state index contributed by atoms with van der Waals surface area (Å²) in [5, 5.41) is 0. The van der Waals surface area contributed by atoms with Gasteiger partial charge < -0.3 is 24.0 Å². The molecule has 2 heterocycles. The Kier molecular flexibility index (Phi) is 5.79.